The molecule has 3 aromatic rings. The number of benzene rings is 2. The topological polar surface area (TPSA) is 63.9 Å². The van der Waals surface area contributed by atoms with Gasteiger partial charge in [0.1, 0.15) is 16.3 Å². The number of rotatable bonds is 5. The monoisotopic (exact) mass is 471 g/mol. The van der Waals surface area contributed by atoms with Gasteiger partial charge in [-0.05, 0) is 24.3 Å². The average Bonchev–Trinajstić information content (AvgIpc) is 3.03. The zero-order valence-electron chi connectivity index (χ0n) is 16.2. The number of hydrogen-bond acceptors (Lipinski definition) is 5. The normalized spacial score (nSPS) is 12.6. The first kappa shape index (κ1) is 21.9. The van der Waals surface area contributed by atoms with Crippen molar-refractivity contribution >= 4 is 50.2 Å². The molecule has 0 N–H and O–H groups in total. The molecule has 2 aromatic carbocycles. The fourth-order valence-corrected chi connectivity index (χ4v) is 5.11. The predicted octanol–water partition coefficient (Wildman–Crippen LogP) is 4.55. The van der Waals surface area contributed by atoms with E-state index in [0.717, 1.165) is 15.6 Å². The minimum atomic E-state index is -3.66. The standard InChI is InChI=1S/C19H19Cl2N3O3S2/c1-23(2)29(25,26)18-9-12(5-7-14(18)21)16-11-28-19(24(16)3)22-15-8-6-13(20)10-17(15)27-4/h5-11H,1-4H3/b22-19+. The Morgan fingerprint density at radius 2 is 1.86 bits per heavy atom. The molecule has 0 saturated heterocycles. The quantitative estimate of drug-likeness (QED) is 0.547. The van der Waals surface area contributed by atoms with E-state index in [1.54, 1.807) is 43.5 Å². The molecule has 0 fully saturated rings. The largest absolute Gasteiger partial charge is 0.494 e. The summed E-state index contributed by atoms with van der Waals surface area (Å²) in [6, 6.07) is 10.2. The van der Waals surface area contributed by atoms with Crippen molar-refractivity contribution in [1.82, 2.24) is 8.87 Å². The van der Waals surface area contributed by atoms with E-state index in [2.05, 4.69) is 4.99 Å². The van der Waals surface area contributed by atoms with Crippen LogP contribution >= 0.6 is 34.5 Å². The fraction of sp³-hybridized carbons (Fsp3) is 0.211. The molecule has 1 aromatic heterocycles. The lowest BCUT2D eigenvalue weighted by atomic mass is 10.2. The van der Waals surface area contributed by atoms with Crippen LogP contribution in [-0.2, 0) is 17.1 Å². The van der Waals surface area contributed by atoms with Crippen LogP contribution in [0.4, 0.5) is 5.69 Å². The molecular formula is C19H19Cl2N3O3S2. The molecule has 0 aliphatic heterocycles. The number of aromatic nitrogens is 1. The molecular weight excluding hydrogens is 453 g/mol. The van der Waals surface area contributed by atoms with Crippen LogP contribution in [0.1, 0.15) is 0 Å². The lowest BCUT2D eigenvalue weighted by molar-refractivity contribution is 0.416. The molecule has 6 nitrogen and oxygen atoms in total. The van der Waals surface area contributed by atoms with Crippen molar-refractivity contribution in [2.45, 2.75) is 4.90 Å². The Morgan fingerprint density at radius 1 is 1.14 bits per heavy atom. The van der Waals surface area contributed by atoms with Crippen LogP contribution in [0.2, 0.25) is 10.0 Å². The molecule has 10 heteroatoms. The highest BCUT2D eigenvalue weighted by molar-refractivity contribution is 7.89. The molecule has 0 atom stereocenters. The Labute approximate surface area is 183 Å². The van der Waals surface area contributed by atoms with Crippen molar-refractivity contribution in [3.8, 4) is 17.0 Å². The molecule has 3 rings (SSSR count). The summed E-state index contributed by atoms with van der Waals surface area (Å²) in [7, 11) is 2.70. The number of ether oxygens (including phenoxy) is 1. The van der Waals surface area contributed by atoms with E-state index in [4.69, 9.17) is 27.9 Å². The maximum atomic E-state index is 12.6. The molecule has 0 unspecified atom stereocenters. The molecule has 0 aliphatic rings. The first-order valence-corrected chi connectivity index (χ1v) is 11.5. The third kappa shape index (κ3) is 4.36. The van der Waals surface area contributed by atoms with E-state index in [0.29, 0.717) is 21.3 Å². The minimum absolute atomic E-state index is 0.0609. The molecule has 29 heavy (non-hydrogen) atoms. The van der Waals surface area contributed by atoms with Gasteiger partial charge in [0.2, 0.25) is 10.0 Å². The van der Waals surface area contributed by atoms with Gasteiger partial charge in [-0.25, -0.2) is 17.7 Å². The molecule has 0 saturated carbocycles. The SMILES string of the molecule is COc1cc(Cl)ccc1/N=c1/scc(-c2ccc(Cl)c(S(=O)(=O)N(C)C)c2)n1C. The van der Waals surface area contributed by atoms with Crippen LogP contribution in [0.3, 0.4) is 0 Å². The molecule has 1 heterocycles. The first-order valence-electron chi connectivity index (χ1n) is 8.40. The van der Waals surface area contributed by atoms with Gasteiger partial charge in [0.25, 0.3) is 0 Å². The second-order valence-corrected chi connectivity index (χ2v) is 10.1. The Bertz CT molecular complexity index is 1230. The molecule has 0 amide bonds. The van der Waals surface area contributed by atoms with Crippen molar-refractivity contribution < 1.29 is 13.2 Å². The highest BCUT2D eigenvalue weighted by atomic mass is 35.5. The number of nitrogens with zero attached hydrogens (tertiary/aromatic N) is 3. The highest BCUT2D eigenvalue weighted by Crippen LogP contribution is 2.31. The minimum Gasteiger partial charge on any atom is -0.494 e. The van der Waals surface area contributed by atoms with Crippen molar-refractivity contribution in [3.05, 3.63) is 56.6 Å². The van der Waals surface area contributed by atoms with Gasteiger partial charge >= 0.3 is 0 Å². The molecule has 0 radical (unpaired) electrons. The smallest absolute Gasteiger partial charge is 0.244 e. The van der Waals surface area contributed by atoms with E-state index >= 15 is 0 Å². The van der Waals surface area contributed by atoms with Crippen LogP contribution in [0.25, 0.3) is 11.3 Å². The first-order chi connectivity index (χ1) is 13.6. The van der Waals surface area contributed by atoms with Gasteiger partial charge in [-0.1, -0.05) is 29.3 Å². The summed E-state index contributed by atoms with van der Waals surface area (Å²) < 4.78 is 33.5. The van der Waals surface area contributed by atoms with Crippen LogP contribution in [0.15, 0.2) is 51.7 Å². The lowest BCUT2D eigenvalue weighted by Gasteiger charge is -2.14. The summed E-state index contributed by atoms with van der Waals surface area (Å²) in [5.74, 6) is 0.568. The Kier molecular flexibility index (Phi) is 6.40. The van der Waals surface area contributed by atoms with Crippen molar-refractivity contribution in [2.75, 3.05) is 21.2 Å². The van der Waals surface area contributed by atoms with Gasteiger partial charge < -0.3 is 9.30 Å². The lowest BCUT2D eigenvalue weighted by Crippen LogP contribution is -2.22. The second-order valence-electron chi connectivity index (χ2n) is 6.32. The zero-order chi connectivity index (χ0) is 21.3. The van der Waals surface area contributed by atoms with Crippen LogP contribution in [0.5, 0.6) is 5.75 Å². The summed E-state index contributed by atoms with van der Waals surface area (Å²) in [6.45, 7) is 0. The number of methoxy groups -OCH3 is 1. The van der Waals surface area contributed by atoms with Crippen LogP contribution in [-0.4, -0.2) is 38.5 Å². The van der Waals surface area contributed by atoms with Crippen LogP contribution in [0, 0.1) is 0 Å². The maximum absolute atomic E-state index is 12.6. The van der Waals surface area contributed by atoms with E-state index in [-0.39, 0.29) is 9.92 Å². The van der Waals surface area contributed by atoms with E-state index < -0.39 is 10.0 Å². The molecule has 0 aliphatic carbocycles. The van der Waals surface area contributed by atoms with E-state index in [9.17, 15) is 8.42 Å². The average molecular weight is 472 g/mol. The van der Waals surface area contributed by atoms with E-state index in [1.165, 1.54) is 25.4 Å². The maximum Gasteiger partial charge on any atom is 0.244 e. The molecule has 0 bridgehead atoms. The Balaban J connectivity index is 2.12. The third-order valence-electron chi connectivity index (χ3n) is 4.27. The fourth-order valence-electron chi connectivity index (χ4n) is 2.64. The summed E-state index contributed by atoms with van der Waals surface area (Å²) >= 11 is 13.6. The van der Waals surface area contributed by atoms with Gasteiger partial charge in [0.15, 0.2) is 4.80 Å². The summed E-state index contributed by atoms with van der Waals surface area (Å²) in [4.78, 5) is 5.44. The van der Waals surface area contributed by atoms with Crippen LogP contribution < -0.4 is 9.54 Å². The number of hydrogen-bond donors (Lipinski definition) is 0. The molecule has 0 spiro atoms. The summed E-state index contributed by atoms with van der Waals surface area (Å²) in [5.41, 5.74) is 2.18. The second kappa shape index (κ2) is 8.49. The highest BCUT2D eigenvalue weighted by Gasteiger charge is 2.22. The number of sulfonamides is 1. The number of thiazole rings is 1. The zero-order valence-corrected chi connectivity index (χ0v) is 19.3. The van der Waals surface area contributed by atoms with Crippen molar-refractivity contribution in [2.24, 2.45) is 12.0 Å². The predicted molar refractivity (Wildman–Crippen MR) is 118 cm³/mol. The van der Waals surface area contributed by atoms with E-state index in [1.807, 2.05) is 17.0 Å². The third-order valence-corrected chi connectivity index (χ3v) is 7.72. The van der Waals surface area contributed by atoms with Crippen molar-refractivity contribution in [1.29, 1.82) is 0 Å². The Hall–Kier alpha value is -1.84. The van der Waals surface area contributed by atoms with Gasteiger partial charge in [-0.2, -0.15) is 0 Å². The van der Waals surface area contributed by atoms with Gasteiger partial charge in [0.05, 0.1) is 17.8 Å². The van der Waals surface area contributed by atoms with Crippen molar-refractivity contribution in [3.63, 3.8) is 0 Å². The van der Waals surface area contributed by atoms with Gasteiger partial charge in [0, 0.05) is 43.2 Å². The van der Waals surface area contributed by atoms with Gasteiger partial charge in [-0.15, -0.1) is 11.3 Å². The number of halogens is 2. The van der Waals surface area contributed by atoms with Gasteiger partial charge in [-0.3, -0.25) is 0 Å². The summed E-state index contributed by atoms with van der Waals surface area (Å²) in [5, 5.41) is 2.65. The summed E-state index contributed by atoms with van der Waals surface area (Å²) in [6.07, 6.45) is 0. The molecule has 154 valence electrons. The Morgan fingerprint density at radius 3 is 2.52 bits per heavy atom.